The van der Waals surface area contributed by atoms with Gasteiger partial charge in [0.2, 0.25) is 5.78 Å². The number of carbonyl (C=O) groups is 4. The van der Waals surface area contributed by atoms with E-state index >= 15 is 0 Å². The Morgan fingerprint density at radius 1 is 1.15 bits per heavy atom. The fraction of sp³-hybridized carbons (Fsp3) is 0.364. The largest absolute Gasteiger partial charge is 0.510 e. The number of carboxylic acid groups (broad SMARTS) is 1. The van der Waals surface area contributed by atoms with Crippen molar-refractivity contribution in [2.24, 2.45) is 17.6 Å². The van der Waals surface area contributed by atoms with Gasteiger partial charge in [0.05, 0.1) is 17.2 Å². The summed E-state index contributed by atoms with van der Waals surface area (Å²) in [4.78, 5) is 51.5. The number of hydrogen-bond donors (Lipinski definition) is 6. The first-order chi connectivity index (χ1) is 15.3. The molecule has 0 fully saturated rings. The van der Waals surface area contributed by atoms with Crippen molar-refractivity contribution in [3.05, 3.63) is 51.5 Å². The van der Waals surface area contributed by atoms with Gasteiger partial charge in [0.15, 0.2) is 11.4 Å². The van der Waals surface area contributed by atoms with Crippen molar-refractivity contribution in [1.82, 2.24) is 4.90 Å². The zero-order chi connectivity index (χ0) is 24.6. The van der Waals surface area contributed by atoms with E-state index < -0.39 is 69.8 Å². The third-order valence-corrected chi connectivity index (χ3v) is 6.84. The predicted molar refractivity (Wildman–Crippen MR) is 111 cm³/mol. The summed E-state index contributed by atoms with van der Waals surface area (Å²) in [6.07, 6.45) is -0.189. The number of aromatic hydroxyl groups is 1. The second-order valence-electron chi connectivity index (χ2n) is 8.75. The number of amides is 1. The number of likely N-dealkylation sites (N-methyl/N-ethyl adjacent to an activating group) is 1. The molecule has 0 saturated heterocycles. The van der Waals surface area contributed by atoms with E-state index in [0.29, 0.717) is 0 Å². The first-order valence-corrected chi connectivity index (χ1v) is 10.1. The number of aliphatic hydroxyl groups is 3. The molecule has 174 valence electrons. The molecule has 3 aliphatic carbocycles. The summed E-state index contributed by atoms with van der Waals surface area (Å²) < 4.78 is 0. The number of hydrogen-bond acceptors (Lipinski definition) is 9. The van der Waals surface area contributed by atoms with E-state index in [4.69, 9.17) is 5.73 Å². The molecule has 1 aromatic rings. The number of Topliss-reactive ketones (excluding diaryl/α,β-unsaturated/α-hetero) is 2. The van der Waals surface area contributed by atoms with Crippen LogP contribution in [0.25, 0.3) is 0 Å². The molecule has 33 heavy (non-hydrogen) atoms. The van der Waals surface area contributed by atoms with Crippen LogP contribution in [0.15, 0.2) is 34.8 Å². The maximum Gasteiger partial charge on any atom is 0.335 e. The molecule has 3 aliphatic rings. The van der Waals surface area contributed by atoms with E-state index in [-0.39, 0.29) is 35.1 Å². The normalized spacial score (nSPS) is 29.0. The van der Waals surface area contributed by atoms with E-state index in [9.17, 15) is 44.7 Å². The number of ketones is 2. The van der Waals surface area contributed by atoms with Crippen LogP contribution in [-0.2, 0) is 16.0 Å². The van der Waals surface area contributed by atoms with Crippen molar-refractivity contribution in [2.75, 3.05) is 14.1 Å². The fourth-order valence-electron chi connectivity index (χ4n) is 5.45. The highest BCUT2D eigenvalue weighted by molar-refractivity contribution is 6.25. The third kappa shape index (κ3) is 2.82. The second-order valence-corrected chi connectivity index (χ2v) is 8.75. The van der Waals surface area contributed by atoms with Crippen LogP contribution in [0.1, 0.15) is 32.7 Å². The minimum atomic E-state index is -2.73. The predicted octanol–water partition coefficient (Wildman–Crippen LogP) is -0.181. The van der Waals surface area contributed by atoms with Crippen LogP contribution in [0, 0.1) is 11.8 Å². The highest BCUT2D eigenvalue weighted by Gasteiger charge is 2.63. The highest BCUT2D eigenvalue weighted by Crippen LogP contribution is 2.52. The number of primary amides is 1. The fourth-order valence-corrected chi connectivity index (χ4v) is 5.45. The van der Waals surface area contributed by atoms with E-state index in [2.05, 4.69) is 0 Å². The molecule has 4 unspecified atom stereocenters. The van der Waals surface area contributed by atoms with Gasteiger partial charge in [-0.2, -0.15) is 0 Å². The molecule has 7 N–H and O–H groups in total. The smallest absolute Gasteiger partial charge is 0.335 e. The lowest BCUT2D eigenvalue weighted by molar-refractivity contribution is -0.148. The van der Waals surface area contributed by atoms with Gasteiger partial charge in [-0.25, -0.2) is 4.79 Å². The van der Waals surface area contributed by atoms with Crippen molar-refractivity contribution in [3.63, 3.8) is 0 Å². The van der Waals surface area contributed by atoms with Crippen molar-refractivity contribution < 1.29 is 44.7 Å². The Balaban J connectivity index is 1.99. The lowest BCUT2D eigenvalue weighted by atomic mass is 9.58. The van der Waals surface area contributed by atoms with Crippen LogP contribution < -0.4 is 5.73 Å². The average molecular weight is 458 g/mol. The number of nitrogens with zero attached hydrogens (tertiary/aromatic N) is 1. The van der Waals surface area contributed by atoms with Gasteiger partial charge in [-0.05, 0) is 50.6 Å². The molecular formula is C22H22N2O9. The summed E-state index contributed by atoms with van der Waals surface area (Å²) in [6.45, 7) is 0. The zero-order valence-electron chi connectivity index (χ0n) is 17.7. The SMILES string of the molecule is CN(C)C1C(O)=C(C(N)=O)C(=O)C2(O)C(O)=C3C(=O)c4c(O)ccc(C(=O)O)c4CC3CC12. The molecule has 1 amide bonds. The first kappa shape index (κ1) is 22.5. The van der Waals surface area contributed by atoms with E-state index in [1.807, 2.05) is 0 Å². The molecule has 0 saturated carbocycles. The number of phenolic OH excluding ortho intramolecular Hbond substituents is 1. The Bertz CT molecular complexity index is 1210. The number of nitrogens with two attached hydrogens (primary N) is 1. The molecule has 4 rings (SSSR count). The number of carboxylic acids is 1. The minimum Gasteiger partial charge on any atom is -0.510 e. The van der Waals surface area contributed by atoms with Gasteiger partial charge >= 0.3 is 5.97 Å². The van der Waals surface area contributed by atoms with E-state index in [0.717, 1.165) is 12.1 Å². The molecular weight excluding hydrogens is 436 g/mol. The molecule has 4 atom stereocenters. The van der Waals surface area contributed by atoms with Crippen LogP contribution in [-0.4, -0.2) is 79.6 Å². The molecule has 1 aromatic carbocycles. The molecule has 11 heteroatoms. The second kappa shape index (κ2) is 7.15. The summed E-state index contributed by atoms with van der Waals surface area (Å²) in [5.74, 6) is -9.05. The number of benzene rings is 1. The summed E-state index contributed by atoms with van der Waals surface area (Å²) >= 11 is 0. The number of aromatic carboxylic acids is 1. The van der Waals surface area contributed by atoms with Gasteiger partial charge in [0, 0.05) is 11.5 Å². The average Bonchev–Trinajstić information content (AvgIpc) is 2.70. The summed E-state index contributed by atoms with van der Waals surface area (Å²) in [6, 6.07) is 1.09. The minimum absolute atomic E-state index is 0.0700. The number of rotatable bonds is 3. The van der Waals surface area contributed by atoms with E-state index in [1.54, 1.807) is 0 Å². The molecule has 11 nitrogen and oxygen atoms in total. The number of allylic oxidation sites excluding steroid dienone is 1. The van der Waals surface area contributed by atoms with Crippen LogP contribution in [0.5, 0.6) is 5.75 Å². The van der Waals surface area contributed by atoms with Gasteiger partial charge in [0.25, 0.3) is 5.91 Å². The monoisotopic (exact) mass is 458 g/mol. The Hall–Kier alpha value is -3.70. The van der Waals surface area contributed by atoms with Crippen molar-refractivity contribution in [2.45, 2.75) is 24.5 Å². The number of aliphatic hydroxyl groups excluding tert-OH is 2. The summed E-state index contributed by atoms with van der Waals surface area (Å²) in [5, 5.41) is 53.0. The zero-order valence-corrected chi connectivity index (χ0v) is 17.7. The van der Waals surface area contributed by atoms with Crippen LogP contribution in [0.3, 0.4) is 0 Å². The number of fused-ring (bicyclic) bond motifs is 3. The Kier molecular flexibility index (Phi) is 4.88. The van der Waals surface area contributed by atoms with Crippen molar-refractivity contribution >= 4 is 23.4 Å². The number of phenols is 1. The van der Waals surface area contributed by atoms with Crippen LogP contribution in [0.4, 0.5) is 0 Å². The molecule has 0 heterocycles. The third-order valence-electron chi connectivity index (χ3n) is 6.84. The first-order valence-electron chi connectivity index (χ1n) is 10.1. The molecule has 0 spiro atoms. The standard InChI is InChI=1S/C22H22N2O9/c1-24(2)15-10-6-7-5-9-8(21(31)32)3-4-11(25)13(9)16(26)12(7)18(28)22(10,33)19(29)14(17(15)27)20(23)30/h3-4,7,10,15,25,27-28,33H,5-6H2,1-2H3,(H2,23,30)(H,31,32). The topological polar surface area (TPSA) is 199 Å². The van der Waals surface area contributed by atoms with Crippen molar-refractivity contribution in [3.8, 4) is 5.75 Å². The lowest BCUT2D eigenvalue weighted by Gasteiger charge is -2.50. The molecule has 0 aliphatic heterocycles. The van der Waals surface area contributed by atoms with Crippen LogP contribution >= 0.6 is 0 Å². The van der Waals surface area contributed by atoms with E-state index in [1.165, 1.54) is 19.0 Å². The quantitative estimate of drug-likeness (QED) is 0.330. The maximum absolute atomic E-state index is 13.3. The lowest BCUT2D eigenvalue weighted by Crippen LogP contribution is -2.63. The summed E-state index contributed by atoms with van der Waals surface area (Å²) in [5.41, 5.74) is 0.839. The van der Waals surface area contributed by atoms with Crippen molar-refractivity contribution in [1.29, 1.82) is 0 Å². The molecule has 0 aromatic heterocycles. The number of carbonyl (C=O) groups excluding carboxylic acids is 3. The Labute approximate surface area is 187 Å². The molecule has 0 radical (unpaired) electrons. The Morgan fingerprint density at radius 3 is 2.33 bits per heavy atom. The van der Waals surface area contributed by atoms with Gasteiger partial charge in [-0.15, -0.1) is 0 Å². The van der Waals surface area contributed by atoms with Gasteiger partial charge in [-0.1, -0.05) is 0 Å². The Morgan fingerprint density at radius 2 is 1.79 bits per heavy atom. The maximum atomic E-state index is 13.3. The van der Waals surface area contributed by atoms with Crippen LogP contribution in [0.2, 0.25) is 0 Å². The summed E-state index contributed by atoms with van der Waals surface area (Å²) in [7, 11) is 3.04. The molecule has 0 bridgehead atoms. The highest BCUT2D eigenvalue weighted by atomic mass is 16.4. The van der Waals surface area contributed by atoms with Gasteiger partial charge < -0.3 is 31.3 Å². The van der Waals surface area contributed by atoms with Gasteiger partial charge in [0.1, 0.15) is 22.8 Å². The van der Waals surface area contributed by atoms with Gasteiger partial charge in [-0.3, -0.25) is 19.3 Å².